The van der Waals surface area contributed by atoms with Crippen molar-refractivity contribution in [3.63, 3.8) is 0 Å². The predicted octanol–water partition coefficient (Wildman–Crippen LogP) is 1.20. The molecule has 1 aromatic rings. The molecule has 1 unspecified atom stereocenters. The lowest BCUT2D eigenvalue weighted by Crippen LogP contribution is -2.38. The first-order chi connectivity index (χ1) is 8.42. The van der Waals surface area contributed by atoms with E-state index in [9.17, 15) is 13.2 Å². The Morgan fingerprint density at radius 3 is 2.61 bits per heavy atom. The van der Waals surface area contributed by atoms with Gasteiger partial charge in [-0.2, -0.15) is 5.26 Å². The van der Waals surface area contributed by atoms with Crippen LogP contribution in [-0.4, -0.2) is 20.2 Å². The van der Waals surface area contributed by atoms with E-state index in [0.29, 0.717) is 0 Å². The Kier molecular flexibility index (Phi) is 4.59. The number of sulfonamides is 1. The van der Waals surface area contributed by atoms with E-state index >= 15 is 0 Å². The zero-order valence-corrected chi connectivity index (χ0v) is 11.0. The maximum atomic E-state index is 12.0. The Balaban J connectivity index is 3.08. The minimum Gasteiger partial charge on any atom is -0.298 e. The minimum atomic E-state index is -3.85. The van der Waals surface area contributed by atoms with E-state index in [0.717, 1.165) is 0 Å². The molecule has 0 aromatic heterocycles. The van der Waals surface area contributed by atoms with Gasteiger partial charge in [0.25, 0.3) is 0 Å². The molecule has 6 heteroatoms. The Bertz CT molecular complexity index is 588. The SMILES string of the molecule is CCC(=O)C(C)NS(=O)(=O)c1ccccc1C#N. The monoisotopic (exact) mass is 266 g/mol. The van der Waals surface area contributed by atoms with Gasteiger partial charge in [0.1, 0.15) is 11.9 Å². The molecule has 0 aliphatic carbocycles. The zero-order chi connectivity index (χ0) is 13.8. The van der Waals surface area contributed by atoms with Gasteiger partial charge in [0.15, 0.2) is 0 Å². The van der Waals surface area contributed by atoms with Crippen LogP contribution in [-0.2, 0) is 14.8 Å². The molecule has 1 atom stereocenters. The van der Waals surface area contributed by atoms with Crippen LogP contribution in [0, 0.1) is 11.3 Å². The van der Waals surface area contributed by atoms with Crippen LogP contribution in [0.15, 0.2) is 29.2 Å². The number of ketones is 1. The van der Waals surface area contributed by atoms with Gasteiger partial charge in [-0.1, -0.05) is 19.1 Å². The highest BCUT2D eigenvalue weighted by atomic mass is 32.2. The quantitative estimate of drug-likeness (QED) is 0.867. The van der Waals surface area contributed by atoms with Crippen LogP contribution in [0.4, 0.5) is 0 Å². The third kappa shape index (κ3) is 3.15. The van der Waals surface area contributed by atoms with Gasteiger partial charge >= 0.3 is 0 Å². The number of Topliss-reactive ketones (excluding diaryl/α,β-unsaturated/α-hetero) is 1. The van der Waals surface area contributed by atoms with Crippen molar-refractivity contribution >= 4 is 15.8 Å². The van der Waals surface area contributed by atoms with Crippen molar-refractivity contribution in [3.05, 3.63) is 29.8 Å². The Morgan fingerprint density at radius 2 is 2.06 bits per heavy atom. The molecule has 0 fully saturated rings. The fraction of sp³-hybridized carbons (Fsp3) is 0.333. The third-order valence-corrected chi connectivity index (χ3v) is 4.06. The van der Waals surface area contributed by atoms with Crippen molar-refractivity contribution in [2.45, 2.75) is 31.2 Å². The van der Waals surface area contributed by atoms with E-state index < -0.39 is 16.1 Å². The number of benzene rings is 1. The number of nitrogens with one attached hydrogen (secondary N) is 1. The summed E-state index contributed by atoms with van der Waals surface area (Å²) >= 11 is 0. The van der Waals surface area contributed by atoms with Crippen molar-refractivity contribution in [3.8, 4) is 6.07 Å². The van der Waals surface area contributed by atoms with Gasteiger partial charge in [0.05, 0.1) is 16.5 Å². The summed E-state index contributed by atoms with van der Waals surface area (Å²) in [5, 5.41) is 8.86. The highest BCUT2D eigenvalue weighted by Gasteiger charge is 2.23. The van der Waals surface area contributed by atoms with Crippen molar-refractivity contribution < 1.29 is 13.2 Å². The second-order valence-corrected chi connectivity index (χ2v) is 5.45. The van der Waals surface area contributed by atoms with Gasteiger partial charge in [-0.05, 0) is 19.1 Å². The van der Waals surface area contributed by atoms with Gasteiger partial charge in [0, 0.05) is 6.42 Å². The van der Waals surface area contributed by atoms with Crippen molar-refractivity contribution in [1.29, 1.82) is 5.26 Å². The van der Waals surface area contributed by atoms with Crippen molar-refractivity contribution in [1.82, 2.24) is 4.72 Å². The van der Waals surface area contributed by atoms with Crippen LogP contribution in [0.1, 0.15) is 25.8 Å². The van der Waals surface area contributed by atoms with E-state index in [1.165, 1.54) is 25.1 Å². The van der Waals surface area contributed by atoms with Crippen LogP contribution in [0.3, 0.4) is 0 Å². The first-order valence-corrected chi connectivity index (χ1v) is 6.95. The lowest BCUT2D eigenvalue weighted by molar-refractivity contribution is -0.119. The fourth-order valence-electron chi connectivity index (χ4n) is 1.46. The van der Waals surface area contributed by atoms with Gasteiger partial charge in [-0.3, -0.25) is 4.79 Å². The number of carbonyl (C=O) groups is 1. The minimum absolute atomic E-state index is 0.0566. The first-order valence-electron chi connectivity index (χ1n) is 5.46. The van der Waals surface area contributed by atoms with Gasteiger partial charge in [0.2, 0.25) is 10.0 Å². The number of hydrogen-bond donors (Lipinski definition) is 1. The van der Waals surface area contributed by atoms with E-state index in [-0.39, 0.29) is 22.7 Å². The molecule has 0 spiro atoms. The summed E-state index contributed by atoms with van der Waals surface area (Å²) in [4.78, 5) is 11.3. The van der Waals surface area contributed by atoms with Crippen molar-refractivity contribution in [2.24, 2.45) is 0 Å². The van der Waals surface area contributed by atoms with E-state index in [1.54, 1.807) is 13.0 Å². The Morgan fingerprint density at radius 1 is 1.44 bits per heavy atom. The van der Waals surface area contributed by atoms with Gasteiger partial charge in [-0.15, -0.1) is 0 Å². The Labute approximate surface area is 106 Å². The molecule has 0 radical (unpaired) electrons. The molecule has 0 bridgehead atoms. The number of nitrogens with zero attached hydrogens (tertiary/aromatic N) is 1. The standard InChI is InChI=1S/C12H14N2O3S/c1-3-11(15)9(2)14-18(16,17)12-7-5-4-6-10(12)8-13/h4-7,9,14H,3H2,1-2H3. The maximum absolute atomic E-state index is 12.0. The molecule has 0 saturated carbocycles. The average Bonchev–Trinajstić information content (AvgIpc) is 2.37. The molecule has 0 aliphatic rings. The highest BCUT2D eigenvalue weighted by Crippen LogP contribution is 2.14. The molecule has 0 saturated heterocycles. The van der Waals surface area contributed by atoms with Crippen LogP contribution < -0.4 is 4.72 Å². The highest BCUT2D eigenvalue weighted by molar-refractivity contribution is 7.89. The van der Waals surface area contributed by atoms with Crippen molar-refractivity contribution in [2.75, 3.05) is 0 Å². The fourth-order valence-corrected chi connectivity index (χ4v) is 2.85. The number of nitriles is 1. The topological polar surface area (TPSA) is 87.0 Å². The molecule has 0 aliphatic heterocycles. The van der Waals surface area contributed by atoms with E-state index in [1.807, 2.05) is 6.07 Å². The molecular weight excluding hydrogens is 252 g/mol. The summed E-state index contributed by atoms with van der Waals surface area (Å²) in [6, 6.07) is 6.88. The largest absolute Gasteiger partial charge is 0.298 e. The smallest absolute Gasteiger partial charge is 0.242 e. The number of rotatable bonds is 5. The van der Waals surface area contributed by atoms with E-state index in [2.05, 4.69) is 4.72 Å². The normalized spacial score (nSPS) is 12.7. The lowest BCUT2D eigenvalue weighted by Gasteiger charge is -2.13. The lowest BCUT2D eigenvalue weighted by atomic mass is 10.2. The third-order valence-electron chi connectivity index (χ3n) is 2.46. The van der Waals surface area contributed by atoms with E-state index in [4.69, 9.17) is 5.26 Å². The Hall–Kier alpha value is -1.71. The molecule has 5 nitrogen and oxygen atoms in total. The molecule has 0 heterocycles. The molecule has 0 amide bonds. The van der Waals surface area contributed by atoms with Crippen LogP contribution in [0.2, 0.25) is 0 Å². The molecular formula is C12H14N2O3S. The molecule has 1 N–H and O–H groups in total. The second-order valence-electron chi connectivity index (χ2n) is 3.77. The first kappa shape index (κ1) is 14.4. The summed E-state index contributed by atoms with van der Waals surface area (Å²) in [6.07, 6.45) is 0.254. The summed E-state index contributed by atoms with van der Waals surface area (Å²) in [5.41, 5.74) is 0.0566. The summed E-state index contributed by atoms with van der Waals surface area (Å²) < 4.78 is 26.3. The molecule has 96 valence electrons. The number of carbonyl (C=O) groups excluding carboxylic acids is 1. The molecule has 1 aromatic carbocycles. The summed E-state index contributed by atoms with van der Waals surface area (Å²) in [7, 11) is -3.85. The maximum Gasteiger partial charge on any atom is 0.242 e. The van der Waals surface area contributed by atoms with Gasteiger partial charge in [-0.25, -0.2) is 13.1 Å². The molecule has 1 rings (SSSR count). The second kappa shape index (κ2) is 5.76. The van der Waals surface area contributed by atoms with Crippen LogP contribution >= 0.6 is 0 Å². The van der Waals surface area contributed by atoms with Gasteiger partial charge < -0.3 is 0 Å². The molecule has 18 heavy (non-hydrogen) atoms. The van der Waals surface area contributed by atoms with Crippen LogP contribution in [0.25, 0.3) is 0 Å². The zero-order valence-electron chi connectivity index (χ0n) is 10.2. The predicted molar refractivity (Wildman–Crippen MR) is 66.2 cm³/mol. The summed E-state index contributed by atoms with van der Waals surface area (Å²) in [5.74, 6) is -0.201. The van der Waals surface area contributed by atoms with Crippen LogP contribution in [0.5, 0.6) is 0 Å². The average molecular weight is 266 g/mol. The summed E-state index contributed by atoms with van der Waals surface area (Å²) in [6.45, 7) is 3.15. The number of hydrogen-bond acceptors (Lipinski definition) is 4.